The topological polar surface area (TPSA) is 95.7 Å². The lowest BCUT2D eigenvalue weighted by molar-refractivity contribution is -0.126. The molecule has 0 bridgehead atoms. The van der Waals surface area contributed by atoms with E-state index in [0.29, 0.717) is 11.1 Å². The first-order valence-electron chi connectivity index (χ1n) is 8.80. The van der Waals surface area contributed by atoms with Crippen molar-refractivity contribution >= 4 is 39.4 Å². The molecular weight excluding hydrogens is 375 g/mol. The third-order valence-electron chi connectivity index (χ3n) is 5.12. The summed E-state index contributed by atoms with van der Waals surface area (Å²) in [6, 6.07) is 15.8. The summed E-state index contributed by atoms with van der Waals surface area (Å²) >= 11 is 0. The number of nitrogens with two attached hydrogens (primary N) is 1. The normalized spacial score (nSPS) is 20.1. The SMILES string of the molecule is BC(B)(c1ccccc1)S(=O)(=O)OC1=C(N)O[C@@](B)(c2ccccc2C)C1=O. The van der Waals surface area contributed by atoms with Crippen LogP contribution in [-0.4, -0.2) is 37.7 Å². The molecule has 0 saturated heterocycles. The third kappa shape index (κ3) is 3.11. The summed E-state index contributed by atoms with van der Waals surface area (Å²) in [5, 5.41) is 0. The van der Waals surface area contributed by atoms with Crippen LogP contribution < -0.4 is 5.73 Å². The van der Waals surface area contributed by atoms with E-state index in [1.165, 1.54) is 15.7 Å². The second-order valence-corrected chi connectivity index (χ2v) is 9.48. The van der Waals surface area contributed by atoms with Crippen molar-refractivity contribution in [1.82, 2.24) is 0 Å². The van der Waals surface area contributed by atoms with Crippen LogP contribution in [-0.2, 0) is 33.9 Å². The number of benzene rings is 2. The fourth-order valence-corrected chi connectivity index (χ4v) is 4.21. The lowest BCUT2D eigenvalue weighted by Gasteiger charge is -2.26. The summed E-state index contributed by atoms with van der Waals surface area (Å²) in [4.78, 5) is 13.1. The van der Waals surface area contributed by atoms with E-state index in [9.17, 15) is 13.2 Å². The van der Waals surface area contributed by atoms with E-state index in [1.54, 1.807) is 50.3 Å². The van der Waals surface area contributed by atoms with Crippen molar-refractivity contribution in [3.8, 4) is 0 Å². The maximum Gasteiger partial charge on any atom is 0.304 e. The molecule has 0 radical (unpaired) electrons. The Kier molecular flexibility index (Phi) is 4.87. The molecule has 2 aromatic rings. The summed E-state index contributed by atoms with van der Waals surface area (Å²) in [6.45, 7) is 1.83. The Bertz CT molecular complexity index is 1070. The van der Waals surface area contributed by atoms with E-state index in [-0.39, 0.29) is 5.88 Å². The van der Waals surface area contributed by atoms with Gasteiger partial charge in [-0.1, -0.05) is 54.6 Å². The van der Waals surface area contributed by atoms with Crippen LogP contribution in [0.5, 0.6) is 0 Å². The van der Waals surface area contributed by atoms with Crippen LogP contribution in [0.4, 0.5) is 0 Å². The molecular formula is C18H20B3NO5S. The summed E-state index contributed by atoms with van der Waals surface area (Å²) in [5.41, 5.74) is 6.37. The van der Waals surface area contributed by atoms with E-state index in [2.05, 4.69) is 0 Å². The molecule has 0 saturated carbocycles. The van der Waals surface area contributed by atoms with Crippen LogP contribution in [0.3, 0.4) is 0 Å². The standard InChI is InChI=1S/C18H20B3NO5S/c1-11-7-5-6-10-13(11)17(19)15(23)14(16(22)26-17)27-28(24,25)18(20,21)12-8-3-2-4-9-12/h2-10H,19-22H2,1H3/t17-/m0/s1. The van der Waals surface area contributed by atoms with E-state index in [0.717, 1.165) is 5.56 Å². The molecule has 2 aromatic carbocycles. The van der Waals surface area contributed by atoms with Crippen molar-refractivity contribution in [3.05, 3.63) is 82.9 Å². The highest BCUT2D eigenvalue weighted by atomic mass is 32.2. The Morgan fingerprint density at radius 3 is 2.25 bits per heavy atom. The number of rotatable bonds is 5. The summed E-state index contributed by atoms with van der Waals surface area (Å²) < 4.78 is 35.5. The zero-order valence-corrected chi connectivity index (χ0v) is 17.0. The molecule has 0 aliphatic carbocycles. The quantitative estimate of drug-likeness (QED) is 0.512. The number of carbonyl (C=O) groups is 1. The molecule has 1 heterocycles. The van der Waals surface area contributed by atoms with Crippen molar-refractivity contribution in [2.75, 3.05) is 0 Å². The smallest absolute Gasteiger partial charge is 0.304 e. The average molecular weight is 395 g/mol. The van der Waals surface area contributed by atoms with Gasteiger partial charge in [-0.2, -0.15) is 8.42 Å². The minimum atomic E-state index is -4.24. The van der Waals surface area contributed by atoms with Gasteiger partial charge in [0.15, 0.2) is 13.3 Å². The van der Waals surface area contributed by atoms with Gasteiger partial charge < -0.3 is 14.7 Å². The predicted octanol–water partition coefficient (Wildman–Crippen LogP) is -1.07. The van der Waals surface area contributed by atoms with Crippen LogP contribution in [0.2, 0.25) is 0 Å². The largest absolute Gasteiger partial charge is 0.467 e. The minimum absolute atomic E-state index is 0.344. The number of ketones is 1. The zero-order valence-electron chi connectivity index (χ0n) is 16.2. The Labute approximate surface area is 167 Å². The number of hydrogen-bond donors (Lipinski definition) is 1. The highest BCUT2D eigenvalue weighted by Crippen LogP contribution is 2.38. The van der Waals surface area contributed by atoms with Gasteiger partial charge >= 0.3 is 10.1 Å². The predicted molar refractivity (Wildman–Crippen MR) is 114 cm³/mol. The second-order valence-electron chi connectivity index (χ2n) is 7.39. The lowest BCUT2D eigenvalue weighted by Crippen LogP contribution is -2.40. The Morgan fingerprint density at radius 1 is 1.07 bits per heavy atom. The molecule has 6 nitrogen and oxygen atoms in total. The molecule has 3 rings (SSSR count). The summed E-state index contributed by atoms with van der Waals surface area (Å²) in [5.74, 6) is -1.47. The van der Waals surface area contributed by atoms with E-state index in [1.807, 2.05) is 19.1 Å². The number of carbonyl (C=O) groups excluding carboxylic acids is 1. The van der Waals surface area contributed by atoms with Crippen LogP contribution in [0.25, 0.3) is 0 Å². The summed E-state index contributed by atoms with van der Waals surface area (Å²) in [7, 11) is 0.326. The zero-order chi connectivity index (χ0) is 20.7. The Morgan fingerprint density at radius 2 is 1.64 bits per heavy atom. The molecule has 1 aliphatic heterocycles. The van der Waals surface area contributed by atoms with Crippen molar-refractivity contribution in [1.29, 1.82) is 0 Å². The molecule has 2 N–H and O–H groups in total. The average Bonchev–Trinajstić information content (AvgIpc) is 2.86. The molecule has 0 aromatic heterocycles. The van der Waals surface area contributed by atoms with Crippen molar-refractivity contribution < 1.29 is 22.1 Å². The minimum Gasteiger partial charge on any atom is -0.467 e. The van der Waals surface area contributed by atoms with Gasteiger partial charge in [-0.3, -0.25) is 4.79 Å². The molecule has 142 valence electrons. The van der Waals surface area contributed by atoms with Gasteiger partial charge in [-0.25, -0.2) is 0 Å². The number of aryl methyl sites for hydroxylation is 1. The fourth-order valence-electron chi connectivity index (χ4n) is 3.20. The number of ether oxygens (including phenoxy) is 1. The van der Waals surface area contributed by atoms with E-state index in [4.69, 9.17) is 14.7 Å². The molecule has 0 unspecified atom stereocenters. The maximum atomic E-state index is 13.1. The van der Waals surface area contributed by atoms with Gasteiger partial charge in [0.1, 0.15) is 15.7 Å². The molecule has 0 spiro atoms. The van der Waals surface area contributed by atoms with Crippen LogP contribution in [0.1, 0.15) is 16.7 Å². The fraction of sp³-hybridized carbons (Fsp3) is 0.167. The van der Waals surface area contributed by atoms with Gasteiger partial charge in [0.05, 0.1) is 4.55 Å². The van der Waals surface area contributed by atoms with Crippen molar-refractivity contribution in [2.24, 2.45) is 5.73 Å². The first-order valence-corrected chi connectivity index (χ1v) is 10.2. The molecule has 1 aliphatic rings. The van der Waals surface area contributed by atoms with Crippen LogP contribution in [0, 0.1) is 6.92 Å². The third-order valence-corrected chi connectivity index (χ3v) is 7.00. The van der Waals surface area contributed by atoms with Crippen molar-refractivity contribution in [2.45, 2.75) is 17.0 Å². The van der Waals surface area contributed by atoms with Gasteiger partial charge in [0, 0.05) is 0 Å². The van der Waals surface area contributed by atoms with Crippen molar-refractivity contribution in [3.63, 3.8) is 0 Å². The number of hydrogen-bond acceptors (Lipinski definition) is 6. The monoisotopic (exact) mass is 395 g/mol. The second kappa shape index (κ2) is 6.77. The Balaban J connectivity index is 1.96. The molecule has 1 atom stereocenters. The lowest BCUT2D eigenvalue weighted by atomic mass is 9.65. The van der Waals surface area contributed by atoms with E-state index < -0.39 is 31.7 Å². The van der Waals surface area contributed by atoms with E-state index >= 15 is 0 Å². The van der Waals surface area contributed by atoms with Crippen LogP contribution in [0.15, 0.2) is 66.2 Å². The molecule has 0 amide bonds. The maximum absolute atomic E-state index is 13.1. The highest BCUT2D eigenvalue weighted by molar-refractivity contribution is 7.90. The Hall–Kier alpha value is -2.61. The van der Waals surface area contributed by atoms with Gasteiger partial charge in [0.2, 0.25) is 17.4 Å². The summed E-state index contributed by atoms with van der Waals surface area (Å²) in [6.07, 6.45) is 0. The van der Waals surface area contributed by atoms with Crippen LogP contribution >= 0.6 is 0 Å². The first-order chi connectivity index (χ1) is 13.0. The van der Waals surface area contributed by atoms with Gasteiger partial charge in [-0.05, 0) is 23.6 Å². The van der Waals surface area contributed by atoms with Gasteiger partial charge in [-0.15, -0.1) is 0 Å². The highest BCUT2D eigenvalue weighted by Gasteiger charge is 2.51. The number of Topliss-reactive ketones (excluding diaryl/α,β-unsaturated/α-hetero) is 1. The molecule has 10 heteroatoms. The molecule has 0 fully saturated rings. The first kappa shape index (κ1) is 20.1. The van der Waals surface area contributed by atoms with Gasteiger partial charge in [0.25, 0.3) is 0 Å². The molecule has 28 heavy (non-hydrogen) atoms.